The monoisotopic (exact) mass is 276 g/mol. The minimum Gasteiger partial charge on any atom is -0.368 e. The van der Waals surface area contributed by atoms with E-state index in [1.54, 1.807) is 0 Å². The van der Waals surface area contributed by atoms with Crippen molar-refractivity contribution in [2.45, 2.75) is 32.2 Å². The number of nitriles is 1. The molecule has 1 unspecified atom stereocenters. The van der Waals surface area contributed by atoms with Gasteiger partial charge in [0, 0.05) is 12.6 Å². The maximum Gasteiger partial charge on any atom is 0.101 e. The first-order chi connectivity index (χ1) is 10.3. The van der Waals surface area contributed by atoms with Gasteiger partial charge < -0.3 is 4.90 Å². The van der Waals surface area contributed by atoms with Crippen molar-refractivity contribution in [2.24, 2.45) is 0 Å². The highest BCUT2D eigenvalue weighted by Crippen LogP contribution is 2.31. The van der Waals surface area contributed by atoms with Crippen molar-refractivity contribution >= 4 is 5.69 Å². The first-order valence-electron chi connectivity index (χ1n) is 7.66. The van der Waals surface area contributed by atoms with Gasteiger partial charge in [-0.3, -0.25) is 0 Å². The molecule has 21 heavy (non-hydrogen) atoms. The minimum atomic E-state index is 0.511. The number of rotatable bonds is 2. The molecule has 2 nitrogen and oxygen atoms in total. The van der Waals surface area contributed by atoms with E-state index in [2.05, 4.69) is 48.2 Å². The van der Waals surface area contributed by atoms with E-state index in [9.17, 15) is 5.26 Å². The van der Waals surface area contributed by atoms with Crippen LogP contribution in [-0.4, -0.2) is 12.6 Å². The second-order valence-corrected chi connectivity index (χ2v) is 5.75. The maximum absolute atomic E-state index is 9.42. The first-order valence-corrected chi connectivity index (χ1v) is 7.66. The van der Waals surface area contributed by atoms with E-state index in [0.29, 0.717) is 6.04 Å². The molecule has 1 fully saturated rings. The molecule has 3 rings (SSSR count). The van der Waals surface area contributed by atoms with Gasteiger partial charge in [-0.15, -0.1) is 0 Å². The van der Waals surface area contributed by atoms with Crippen LogP contribution in [0.2, 0.25) is 0 Å². The number of hydrogen-bond donors (Lipinski definition) is 0. The van der Waals surface area contributed by atoms with Crippen molar-refractivity contribution in [3.05, 3.63) is 54.1 Å². The van der Waals surface area contributed by atoms with Gasteiger partial charge in [0.05, 0.1) is 11.3 Å². The Morgan fingerprint density at radius 1 is 1.05 bits per heavy atom. The second kappa shape index (κ2) is 6.01. The van der Waals surface area contributed by atoms with E-state index in [4.69, 9.17) is 0 Å². The molecule has 2 aromatic carbocycles. The van der Waals surface area contributed by atoms with Crippen molar-refractivity contribution in [1.82, 2.24) is 0 Å². The molecule has 0 bridgehead atoms. The van der Waals surface area contributed by atoms with Crippen LogP contribution in [0.1, 0.15) is 31.7 Å². The third-order valence-electron chi connectivity index (χ3n) is 4.34. The van der Waals surface area contributed by atoms with Gasteiger partial charge in [0.25, 0.3) is 0 Å². The molecule has 2 aromatic rings. The van der Waals surface area contributed by atoms with E-state index >= 15 is 0 Å². The molecule has 0 aliphatic carbocycles. The van der Waals surface area contributed by atoms with Crippen molar-refractivity contribution in [2.75, 3.05) is 11.4 Å². The molecule has 0 radical (unpaired) electrons. The zero-order valence-electron chi connectivity index (χ0n) is 12.4. The Bertz CT molecular complexity index is 655. The number of piperidine rings is 1. The summed E-state index contributed by atoms with van der Waals surface area (Å²) in [5, 5.41) is 9.42. The summed E-state index contributed by atoms with van der Waals surface area (Å²) in [6.07, 6.45) is 3.71. The zero-order valence-corrected chi connectivity index (χ0v) is 12.4. The van der Waals surface area contributed by atoms with Crippen LogP contribution < -0.4 is 4.90 Å². The van der Waals surface area contributed by atoms with Gasteiger partial charge in [-0.1, -0.05) is 36.4 Å². The molecule has 0 amide bonds. The summed E-state index contributed by atoms with van der Waals surface area (Å²) < 4.78 is 0. The molecule has 0 saturated carbocycles. The molecule has 1 aliphatic rings. The zero-order chi connectivity index (χ0) is 14.7. The standard InChI is InChI=1S/C19H20N2/c1-15-7-5-6-12-21(15)19-13-17(10-11-18(19)14-20)16-8-3-2-4-9-16/h2-4,8-11,13,15H,5-7,12H2,1H3. The van der Waals surface area contributed by atoms with E-state index < -0.39 is 0 Å². The second-order valence-electron chi connectivity index (χ2n) is 5.75. The molecule has 106 valence electrons. The predicted molar refractivity (Wildman–Crippen MR) is 87.3 cm³/mol. The molecule has 0 N–H and O–H groups in total. The van der Waals surface area contributed by atoms with Gasteiger partial charge in [-0.25, -0.2) is 0 Å². The molecule has 2 heteroatoms. The average molecular weight is 276 g/mol. The predicted octanol–water partition coefficient (Wildman–Crippen LogP) is 4.60. The summed E-state index contributed by atoms with van der Waals surface area (Å²) >= 11 is 0. The van der Waals surface area contributed by atoms with Gasteiger partial charge >= 0.3 is 0 Å². The van der Waals surface area contributed by atoms with E-state index in [-0.39, 0.29) is 0 Å². The molecular formula is C19H20N2. The van der Waals surface area contributed by atoms with Crippen molar-refractivity contribution in [1.29, 1.82) is 5.26 Å². The summed E-state index contributed by atoms with van der Waals surface area (Å²) in [7, 11) is 0. The average Bonchev–Trinajstić information content (AvgIpc) is 2.55. The van der Waals surface area contributed by atoms with Gasteiger partial charge in [-0.05, 0) is 49.4 Å². The normalized spacial score (nSPS) is 18.3. The fourth-order valence-electron chi connectivity index (χ4n) is 3.13. The Balaban J connectivity index is 2.04. The summed E-state index contributed by atoms with van der Waals surface area (Å²) in [5.41, 5.74) is 4.25. The van der Waals surface area contributed by atoms with Crippen LogP contribution in [0.15, 0.2) is 48.5 Å². The molecule has 0 spiro atoms. The SMILES string of the molecule is CC1CCCCN1c1cc(-c2ccccc2)ccc1C#N. The Hall–Kier alpha value is -2.27. The van der Waals surface area contributed by atoms with Crippen LogP contribution in [0.4, 0.5) is 5.69 Å². The minimum absolute atomic E-state index is 0.511. The first kappa shape index (κ1) is 13.7. The smallest absolute Gasteiger partial charge is 0.101 e. The highest BCUT2D eigenvalue weighted by atomic mass is 15.2. The summed E-state index contributed by atoms with van der Waals surface area (Å²) in [6.45, 7) is 3.31. The topological polar surface area (TPSA) is 27.0 Å². The summed E-state index contributed by atoms with van der Waals surface area (Å²) in [6, 6.07) is 19.4. The highest BCUT2D eigenvalue weighted by molar-refractivity contribution is 5.73. The van der Waals surface area contributed by atoms with Crippen LogP contribution in [0.5, 0.6) is 0 Å². The van der Waals surface area contributed by atoms with Crippen LogP contribution in [-0.2, 0) is 0 Å². The molecule has 1 heterocycles. The van der Waals surface area contributed by atoms with Crippen LogP contribution in [0, 0.1) is 11.3 Å². The lowest BCUT2D eigenvalue weighted by molar-refractivity contribution is 0.484. The molecule has 1 saturated heterocycles. The summed E-state index contributed by atoms with van der Waals surface area (Å²) in [5.74, 6) is 0. The van der Waals surface area contributed by atoms with Gasteiger partial charge in [-0.2, -0.15) is 5.26 Å². The Morgan fingerprint density at radius 3 is 2.57 bits per heavy atom. The quantitative estimate of drug-likeness (QED) is 0.801. The lowest BCUT2D eigenvalue weighted by Crippen LogP contribution is -2.37. The number of hydrogen-bond acceptors (Lipinski definition) is 2. The summed E-state index contributed by atoms with van der Waals surface area (Å²) in [4.78, 5) is 2.40. The van der Waals surface area contributed by atoms with Crippen molar-refractivity contribution in [3.63, 3.8) is 0 Å². The van der Waals surface area contributed by atoms with Gasteiger partial charge in [0.2, 0.25) is 0 Å². The van der Waals surface area contributed by atoms with Gasteiger partial charge in [0.15, 0.2) is 0 Å². The lowest BCUT2D eigenvalue weighted by atomic mass is 9.98. The van der Waals surface area contributed by atoms with E-state index in [1.807, 2.05) is 18.2 Å². The lowest BCUT2D eigenvalue weighted by Gasteiger charge is -2.36. The van der Waals surface area contributed by atoms with Crippen LogP contribution in [0.25, 0.3) is 11.1 Å². The largest absolute Gasteiger partial charge is 0.368 e. The van der Waals surface area contributed by atoms with Crippen LogP contribution in [0.3, 0.4) is 0 Å². The van der Waals surface area contributed by atoms with Crippen molar-refractivity contribution in [3.8, 4) is 17.2 Å². The fourth-order valence-corrected chi connectivity index (χ4v) is 3.13. The van der Waals surface area contributed by atoms with Crippen molar-refractivity contribution < 1.29 is 0 Å². The highest BCUT2D eigenvalue weighted by Gasteiger charge is 2.21. The van der Waals surface area contributed by atoms with E-state index in [1.165, 1.54) is 30.4 Å². The molecular weight excluding hydrogens is 256 g/mol. The van der Waals surface area contributed by atoms with E-state index in [0.717, 1.165) is 17.8 Å². The fraction of sp³-hybridized carbons (Fsp3) is 0.316. The Kier molecular flexibility index (Phi) is 3.92. The third-order valence-corrected chi connectivity index (χ3v) is 4.34. The Labute approximate surface area is 126 Å². The third kappa shape index (κ3) is 2.78. The molecule has 1 atom stereocenters. The number of anilines is 1. The molecule has 1 aliphatic heterocycles. The van der Waals surface area contributed by atoms with Crippen LogP contribution >= 0.6 is 0 Å². The molecule has 0 aromatic heterocycles. The maximum atomic E-state index is 9.42. The van der Waals surface area contributed by atoms with Gasteiger partial charge in [0.1, 0.15) is 6.07 Å². The Morgan fingerprint density at radius 2 is 1.86 bits per heavy atom. The number of benzene rings is 2. The number of nitrogens with zero attached hydrogens (tertiary/aromatic N) is 2.